The summed E-state index contributed by atoms with van der Waals surface area (Å²) >= 11 is 0. The fraction of sp³-hybridized carbons (Fsp3) is 0.933. The van der Waals surface area contributed by atoms with Crippen molar-refractivity contribution in [1.82, 2.24) is 0 Å². The highest BCUT2D eigenvalue weighted by Gasteiger charge is 2.40. The second-order valence-electron chi connectivity index (χ2n) is 5.35. The molecule has 0 aromatic carbocycles. The third-order valence-electron chi connectivity index (χ3n) is 4.07. The third kappa shape index (κ3) is 4.42. The van der Waals surface area contributed by atoms with E-state index in [1.807, 2.05) is 0 Å². The summed E-state index contributed by atoms with van der Waals surface area (Å²) in [6.07, 6.45) is 12.4. The van der Waals surface area contributed by atoms with Crippen molar-refractivity contribution in [3.63, 3.8) is 0 Å². The van der Waals surface area contributed by atoms with E-state index in [2.05, 4.69) is 6.92 Å². The van der Waals surface area contributed by atoms with Gasteiger partial charge in [-0.1, -0.05) is 39.0 Å². The standard InChI is InChI=1S/C15H28O2/c1-3-4-5-6-7-8-11-14(16)15(17-2)12-9-10-13-15/h3-13H2,1-2H3. The zero-order valence-corrected chi connectivity index (χ0v) is 11.6. The van der Waals surface area contributed by atoms with Gasteiger partial charge in [-0.05, 0) is 32.1 Å². The smallest absolute Gasteiger partial charge is 0.164 e. The summed E-state index contributed by atoms with van der Waals surface area (Å²) in [6.45, 7) is 2.23. The van der Waals surface area contributed by atoms with Crippen molar-refractivity contribution >= 4 is 5.78 Å². The summed E-state index contributed by atoms with van der Waals surface area (Å²) in [5.74, 6) is 0.355. The number of ketones is 1. The molecule has 2 heteroatoms. The number of rotatable bonds is 9. The molecule has 0 unspecified atom stereocenters. The molecule has 0 aromatic heterocycles. The van der Waals surface area contributed by atoms with Crippen molar-refractivity contribution in [3.05, 3.63) is 0 Å². The quantitative estimate of drug-likeness (QED) is 0.563. The molecular formula is C15H28O2. The van der Waals surface area contributed by atoms with Crippen LogP contribution in [0, 0.1) is 0 Å². The van der Waals surface area contributed by atoms with Crippen LogP contribution >= 0.6 is 0 Å². The SMILES string of the molecule is CCCCCCCCC(=O)C1(OC)CCCC1. The molecule has 0 amide bonds. The van der Waals surface area contributed by atoms with Crippen LogP contribution in [0.2, 0.25) is 0 Å². The van der Waals surface area contributed by atoms with Crippen molar-refractivity contribution in [2.24, 2.45) is 0 Å². The average molecular weight is 240 g/mol. The lowest BCUT2D eigenvalue weighted by molar-refractivity contribution is -0.140. The van der Waals surface area contributed by atoms with E-state index in [4.69, 9.17) is 4.74 Å². The zero-order chi connectivity index (χ0) is 12.6. The Hall–Kier alpha value is -0.370. The summed E-state index contributed by atoms with van der Waals surface area (Å²) in [6, 6.07) is 0. The zero-order valence-electron chi connectivity index (χ0n) is 11.6. The largest absolute Gasteiger partial charge is 0.370 e. The topological polar surface area (TPSA) is 26.3 Å². The van der Waals surface area contributed by atoms with Gasteiger partial charge in [0.2, 0.25) is 0 Å². The van der Waals surface area contributed by atoms with Crippen LogP contribution in [-0.4, -0.2) is 18.5 Å². The van der Waals surface area contributed by atoms with Gasteiger partial charge in [-0.25, -0.2) is 0 Å². The molecule has 0 bridgehead atoms. The molecule has 17 heavy (non-hydrogen) atoms. The molecule has 0 aliphatic heterocycles. The summed E-state index contributed by atoms with van der Waals surface area (Å²) in [5, 5.41) is 0. The molecule has 2 nitrogen and oxygen atoms in total. The molecule has 1 aliphatic carbocycles. The Bertz CT molecular complexity index is 217. The predicted molar refractivity (Wildman–Crippen MR) is 71.2 cm³/mol. The molecule has 100 valence electrons. The van der Waals surface area contributed by atoms with Gasteiger partial charge >= 0.3 is 0 Å². The first-order valence-electron chi connectivity index (χ1n) is 7.33. The van der Waals surface area contributed by atoms with E-state index in [9.17, 15) is 4.79 Å². The highest BCUT2D eigenvalue weighted by Crippen LogP contribution is 2.34. The maximum Gasteiger partial charge on any atom is 0.164 e. The molecule has 0 N–H and O–H groups in total. The number of unbranched alkanes of at least 4 members (excludes halogenated alkanes) is 5. The normalized spacial score (nSPS) is 18.5. The third-order valence-corrected chi connectivity index (χ3v) is 4.07. The van der Waals surface area contributed by atoms with Crippen LogP contribution in [0.5, 0.6) is 0 Å². The van der Waals surface area contributed by atoms with Crippen molar-refractivity contribution in [2.75, 3.05) is 7.11 Å². The Kier molecular flexibility index (Phi) is 6.79. The predicted octanol–water partition coefficient (Wildman–Crippen LogP) is 4.27. The lowest BCUT2D eigenvalue weighted by atomic mass is 9.92. The van der Waals surface area contributed by atoms with E-state index in [-0.39, 0.29) is 0 Å². The molecule has 1 fully saturated rings. The molecule has 1 rings (SSSR count). The molecule has 0 radical (unpaired) electrons. The highest BCUT2D eigenvalue weighted by atomic mass is 16.5. The summed E-state index contributed by atoms with van der Waals surface area (Å²) in [7, 11) is 1.70. The Morgan fingerprint density at radius 1 is 1.06 bits per heavy atom. The molecule has 0 atom stereocenters. The second-order valence-corrected chi connectivity index (χ2v) is 5.35. The van der Waals surface area contributed by atoms with Crippen molar-refractivity contribution in [3.8, 4) is 0 Å². The fourth-order valence-corrected chi connectivity index (χ4v) is 2.84. The van der Waals surface area contributed by atoms with Crippen LogP contribution in [0.1, 0.15) is 77.6 Å². The van der Waals surface area contributed by atoms with Crippen LogP contribution in [-0.2, 0) is 9.53 Å². The van der Waals surface area contributed by atoms with Crippen molar-refractivity contribution in [1.29, 1.82) is 0 Å². The van der Waals surface area contributed by atoms with Crippen molar-refractivity contribution in [2.45, 2.75) is 83.2 Å². The van der Waals surface area contributed by atoms with Crippen LogP contribution in [0.15, 0.2) is 0 Å². The van der Waals surface area contributed by atoms with Crippen LogP contribution < -0.4 is 0 Å². The number of Topliss-reactive ketones (excluding diaryl/α,β-unsaturated/α-hetero) is 1. The number of methoxy groups -OCH3 is 1. The van der Waals surface area contributed by atoms with E-state index >= 15 is 0 Å². The molecule has 1 saturated carbocycles. The first-order chi connectivity index (χ1) is 8.25. The maximum absolute atomic E-state index is 12.2. The minimum absolute atomic E-state index is 0.355. The van der Waals surface area contributed by atoms with Gasteiger partial charge in [0, 0.05) is 13.5 Å². The summed E-state index contributed by atoms with van der Waals surface area (Å²) < 4.78 is 5.51. The molecule has 0 saturated heterocycles. The van der Waals surface area contributed by atoms with Gasteiger partial charge in [0.25, 0.3) is 0 Å². The highest BCUT2D eigenvalue weighted by molar-refractivity contribution is 5.87. The van der Waals surface area contributed by atoms with E-state index in [0.29, 0.717) is 5.78 Å². The first-order valence-corrected chi connectivity index (χ1v) is 7.33. The Morgan fingerprint density at radius 3 is 2.24 bits per heavy atom. The lowest BCUT2D eigenvalue weighted by Crippen LogP contribution is -2.37. The number of hydrogen-bond donors (Lipinski definition) is 0. The summed E-state index contributed by atoms with van der Waals surface area (Å²) in [5.41, 5.74) is -0.399. The lowest BCUT2D eigenvalue weighted by Gasteiger charge is -2.25. The van der Waals surface area contributed by atoms with Crippen LogP contribution in [0.3, 0.4) is 0 Å². The minimum Gasteiger partial charge on any atom is -0.370 e. The van der Waals surface area contributed by atoms with Gasteiger partial charge < -0.3 is 4.74 Å². The van der Waals surface area contributed by atoms with Gasteiger partial charge in [-0.15, -0.1) is 0 Å². The number of carbonyl (C=O) groups is 1. The number of hydrogen-bond acceptors (Lipinski definition) is 2. The van der Waals surface area contributed by atoms with Crippen LogP contribution in [0.4, 0.5) is 0 Å². The molecular weight excluding hydrogens is 212 g/mol. The first kappa shape index (κ1) is 14.7. The van der Waals surface area contributed by atoms with Gasteiger partial charge in [0.1, 0.15) is 5.60 Å². The Labute approximate surface area is 106 Å². The molecule has 0 heterocycles. The van der Waals surface area contributed by atoms with Crippen LogP contribution in [0.25, 0.3) is 0 Å². The average Bonchev–Trinajstić information content (AvgIpc) is 2.83. The second kappa shape index (κ2) is 7.86. The van der Waals surface area contributed by atoms with E-state index in [0.717, 1.165) is 38.5 Å². The number of carbonyl (C=O) groups excluding carboxylic acids is 1. The monoisotopic (exact) mass is 240 g/mol. The Balaban J connectivity index is 2.15. The van der Waals surface area contributed by atoms with Gasteiger partial charge in [0.15, 0.2) is 5.78 Å². The Morgan fingerprint density at radius 2 is 1.65 bits per heavy atom. The molecule has 1 aliphatic rings. The minimum atomic E-state index is -0.399. The maximum atomic E-state index is 12.2. The van der Waals surface area contributed by atoms with Gasteiger partial charge in [-0.3, -0.25) is 4.79 Å². The number of ether oxygens (including phenoxy) is 1. The molecule has 0 spiro atoms. The van der Waals surface area contributed by atoms with Gasteiger partial charge in [0.05, 0.1) is 0 Å². The van der Waals surface area contributed by atoms with Gasteiger partial charge in [-0.2, -0.15) is 0 Å². The van der Waals surface area contributed by atoms with E-state index < -0.39 is 5.60 Å². The fourth-order valence-electron chi connectivity index (χ4n) is 2.84. The summed E-state index contributed by atoms with van der Waals surface area (Å²) in [4.78, 5) is 12.2. The molecule has 0 aromatic rings. The van der Waals surface area contributed by atoms with E-state index in [1.54, 1.807) is 7.11 Å². The van der Waals surface area contributed by atoms with Crippen molar-refractivity contribution < 1.29 is 9.53 Å². The van der Waals surface area contributed by atoms with E-state index in [1.165, 1.54) is 32.1 Å².